The number of aromatic nitrogens is 4. The van der Waals surface area contributed by atoms with Crippen LogP contribution in [0.5, 0.6) is 0 Å². The third kappa shape index (κ3) is 5.15. The zero-order chi connectivity index (χ0) is 29.5. The predicted octanol–water partition coefficient (Wildman–Crippen LogP) is 11.7. The molecule has 0 bridgehead atoms. The van der Waals surface area contributed by atoms with Crippen LogP contribution in [-0.4, -0.2) is 23.8 Å². The Morgan fingerprint density at radius 1 is 0.698 bits per heavy atom. The summed E-state index contributed by atoms with van der Waals surface area (Å²) in [6.45, 7) is 3.16. The van der Waals surface area contributed by atoms with E-state index in [1.54, 1.807) is 0 Å². The van der Waals surface area contributed by atoms with Gasteiger partial charge in [-0.05, 0) is 48.9 Å². The van der Waals surface area contributed by atoms with Crippen LogP contribution in [-0.2, 0) is 6.54 Å². The lowest BCUT2D eigenvalue weighted by molar-refractivity contribution is 0.652. The van der Waals surface area contributed by atoms with E-state index in [1.807, 2.05) is 47.2 Å². The summed E-state index contributed by atoms with van der Waals surface area (Å²) < 4.78 is 4.35. The molecule has 3 aromatic carbocycles. The van der Waals surface area contributed by atoms with E-state index < -0.39 is 4.30 Å². The van der Waals surface area contributed by atoms with Gasteiger partial charge in [-0.15, -0.1) is 22.7 Å². The Kier molecular flexibility index (Phi) is 7.97. The van der Waals surface area contributed by atoms with Crippen LogP contribution < -0.4 is 0 Å². The Balaban J connectivity index is 0.000000709. The van der Waals surface area contributed by atoms with E-state index in [9.17, 15) is 0 Å². The van der Waals surface area contributed by atoms with Gasteiger partial charge in [-0.25, -0.2) is 4.98 Å². The van der Waals surface area contributed by atoms with Crippen LogP contribution in [0, 0.1) is 0 Å². The fraction of sp³-hybridized carbons (Fsp3) is 0.147. The number of halogens is 3. The third-order valence-corrected chi connectivity index (χ3v) is 9.88. The van der Waals surface area contributed by atoms with Crippen molar-refractivity contribution in [1.29, 1.82) is 0 Å². The largest absolute Gasteiger partial charge is 0.323 e. The molecule has 0 unspecified atom stereocenters. The van der Waals surface area contributed by atoms with Gasteiger partial charge in [0, 0.05) is 60.3 Å². The number of imidazole rings is 1. The molecule has 0 atom stereocenters. The van der Waals surface area contributed by atoms with Crippen molar-refractivity contribution < 1.29 is 0 Å². The highest BCUT2D eigenvalue weighted by molar-refractivity contribution is 7.27. The van der Waals surface area contributed by atoms with Crippen molar-refractivity contribution in [3.05, 3.63) is 91.3 Å². The number of thiophene rings is 2. The Morgan fingerprint density at radius 2 is 1.37 bits per heavy atom. The Morgan fingerprint density at radius 3 is 2.16 bits per heavy atom. The molecule has 0 aliphatic heterocycles. The van der Waals surface area contributed by atoms with Crippen LogP contribution in [0.1, 0.15) is 19.8 Å². The summed E-state index contributed by atoms with van der Waals surface area (Å²) in [6.07, 6.45) is 5.91. The van der Waals surface area contributed by atoms with Crippen LogP contribution in [0.15, 0.2) is 91.3 Å². The molecule has 0 saturated carbocycles. The minimum atomic E-state index is -0.750. The molecule has 0 spiro atoms. The van der Waals surface area contributed by atoms with E-state index in [0.29, 0.717) is 0 Å². The number of hydrogen-bond acceptors (Lipinski definition) is 5. The van der Waals surface area contributed by atoms with E-state index in [0.717, 1.165) is 58.1 Å². The number of alkyl halides is 3. The monoisotopic (exact) mass is 658 g/mol. The third-order valence-electron chi connectivity index (χ3n) is 7.55. The number of rotatable bonds is 5. The second-order valence-electron chi connectivity index (χ2n) is 10.1. The zero-order valence-corrected chi connectivity index (χ0v) is 27.0. The van der Waals surface area contributed by atoms with Crippen molar-refractivity contribution in [3.63, 3.8) is 0 Å². The maximum absolute atomic E-state index is 5.33. The molecule has 8 rings (SSSR count). The van der Waals surface area contributed by atoms with Gasteiger partial charge in [0.15, 0.2) is 10.1 Å². The van der Waals surface area contributed by atoms with Gasteiger partial charge >= 0.3 is 0 Å². The highest BCUT2D eigenvalue weighted by atomic mass is 35.6. The molecule has 5 heterocycles. The first-order valence-corrected chi connectivity index (χ1v) is 16.9. The van der Waals surface area contributed by atoms with Crippen molar-refractivity contribution in [2.24, 2.45) is 0 Å². The lowest BCUT2D eigenvalue weighted by Crippen LogP contribution is -2.00. The first-order chi connectivity index (χ1) is 21.0. The van der Waals surface area contributed by atoms with Crippen LogP contribution in [0.2, 0.25) is 0 Å². The highest BCUT2D eigenvalue weighted by Gasteiger charge is 2.21. The maximum atomic E-state index is 5.33. The van der Waals surface area contributed by atoms with Crippen molar-refractivity contribution in [2.45, 2.75) is 30.6 Å². The average molecular weight is 660 g/mol. The number of hydrogen-bond donors (Lipinski definition) is 0. The van der Waals surface area contributed by atoms with E-state index in [-0.39, 0.29) is 0 Å². The Bertz CT molecular complexity index is 2250. The lowest BCUT2D eigenvalue weighted by Gasteiger charge is -2.10. The van der Waals surface area contributed by atoms with E-state index in [1.165, 1.54) is 35.5 Å². The molecule has 214 valence electrons. The molecule has 8 aromatic rings. The summed E-state index contributed by atoms with van der Waals surface area (Å²) in [4.78, 5) is 17.3. The van der Waals surface area contributed by atoms with E-state index in [4.69, 9.17) is 49.8 Å². The summed E-state index contributed by atoms with van der Waals surface area (Å²) >= 11 is 18.1. The lowest BCUT2D eigenvalue weighted by atomic mass is 10.1. The van der Waals surface area contributed by atoms with Gasteiger partial charge in [0.2, 0.25) is 0 Å². The number of nitrogens with zero attached hydrogens (tertiary/aromatic N) is 4. The van der Waals surface area contributed by atoms with E-state index in [2.05, 4.69) is 78.2 Å². The molecule has 5 aromatic heterocycles. The first-order valence-electron chi connectivity index (χ1n) is 14.0. The summed E-state index contributed by atoms with van der Waals surface area (Å²) in [5.41, 5.74) is 5.31. The molecular formula is C34H25Cl3N4S2. The van der Waals surface area contributed by atoms with Crippen LogP contribution >= 0.6 is 57.5 Å². The second kappa shape index (κ2) is 12.0. The van der Waals surface area contributed by atoms with Crippen molar-refractivity contribution in [2.75, 3.05) is 0 Å². The van der Waals surface area contributed by atoms with Gasteiger partial charge in [-0.1, -0.05) is 84.5 Å². The number of unbranched alkanes of at least 4 members (excludes halogenated alkanes) is 1. The minimum Gasteiger partial charge on any atom is -0.323 e. The number of benzene rings is 3. The second-order valence-corrected chi connectivity index (χ2v) is 14.2. The first kappa shape index (κ1) is 28.5. The summed E-state index contributed by atoms with van der Waals surface area (Å²) in [6, 6.07) is 28.2. The molecule has 0 N–H and O–H groups in total. The summed E-state index contributed by atoms with van der Waals surface area (Å²) in [7, 11) is 0. The highest BCUT2D eigenvalue weighted by Crippen LogP contribution is 2.44. The van der Waals surface area contributed by atoms with Gasteiger partial charge in [0.1, 0.15) is 0 Å². The van der Waals surface area contributed by atoms with Crippen LogP contribution in [0.3, 0.4) is 0 Å². The Hall–Kier alpha value is -3.26. The Labute approximate surface area is 271 Å². The number of fused-ring (bicyclic) bond motifs is 9. The fourth-order valence-electron chi connectivity index (χ4n) is 5.75. The smallest absolute Gasteiger partial charge is 0.180 e. The molecule has 9 heteroatoms. The van der Waals surface area contributed by atoms with E-state index >= 15 is 0 Å². The molecular weight excluding hydrogens is 635 g/mol. The molecule has 4 nitrogen and oxygen atoms in total. The van der Waals surface area contributed by atoms with Crippen LogP contribution in [0.4, 0.5) is 0 Å². The summed E-state index contributed by atoms with van der Waals surface area (Å²) in [5.74, 6) is 1.03. The molecule has 43 heavy (non-hydrogen) atoms. The van der Waals surface area contributed by atoms with Gasteiger partial charge in [0.25, 0.3) is 0 Å². The standard InChI is InChI=1S/C33H24N4S2.CHCl3/c1-2-3-19-37-31-24-13-8-18-35-29(24)28-23(12-7-17-34-28)30(31)36-33(37)27-16-15-26(38-27)22-11-6-10-21-20-9-4-5-14-25(20)39-32(21)22;2-1(3)4/h4-18H,2-3,19H2,1H3;1H. The topological polar surface area (TPSA) is 43.6 Å². The van der Waals surface area contributed by atoms with Crippen LogP contribution in [0.25, 0.3) is 74.2 Å². The van der Waals surface area contributed by atoms with Gasteiger partial charge in [0.05, 0.1) is 26.9 Å². The number of aryl methyl sites for hydroxylation is 1. The van der Waals surface area contributed by atoms with Crippen molar-refractivity contribution >= 4 is 110 Å². The van der Waals surface area contributed by atoms with Crippen molar-refractivity contribution in [3.8, 4) is 21.1 Å². The molecule has 0 saturated heterocycles. The fourth-order valence-corrected chi connectivity index (χ4v) is 8.08. The minimum absolute atomic E-state index is 0.750. The SMILES string of the molecule is CCCCn1c(-c2ccc(-c3cccc4c3sc3ccccc34)s2)nc2c3cccnc3c3ncccc3c21.ClC(Cl)Cl. The average Bonchev–Trinajstić information content (AvgIpc) is 3.75. The number of pyridine rings is 2. The van der Waals surface area contributed by atoms with Gasteiger partial charge < -0.3 is 4.57 Å². The predicted molar refractivity (Wildman–Crippen MR) is 188 cm³/mol. The summed E-state index contributed by atoms with van der Waals surface area (Å²) in [5, 5.41) is 4.83. The molecule has 0 fully saturated rings. The van der Waals surface area contributed by atoms with Crippen molar-refractivity contribution in [1.82, 2.24) is 19.5 Å². The quantitative estimate of drug-likeness (QED) is 0.136. The molecule has 0 aliphatic rings. The zero-order valence-electron chi connectivity index (χ0n) is 23.1. The van der Waals surface area contributed by atoms with Gasteiger partial charge in [-0.2, -0.15) is 0 Å². The maximum Gasteiger partial charge on any atom is 0.180 e. The molecule has 0 radical (unpaired) electrons. The normalized spacial score (nSPS) is 11.7. The molecule has 0 amide bonds. The van der Waals surface area contributed by atoms with Gasteiger partial charge in [-0.3, -0.25) is 9.97 Å². The molecule has 0 aliphatic carbocycles.